The minimum absolute atomic E-state index is 0.0610. The summed E-state index contributed by atoms with van der Waals surface area (Å²) < 4.78 is 42.3. The van der Waals surface area contributed by atoms with Gasteiger partial charge < -0.3 is 14.2 Å². The lowest BCUT2D eigenvalue weighted by Crippen LogP contribution is -2.42. The lowest BCUT2D eigenvalue weighted by molar-refractivity contribution is -0.147. The molecule has 0 spiro atoms. The van der Waals surface area contributed by atoms with Gasteiger partial charge in [-0.25, -0.2) is 12.7 Å². The van der Waals surface area contributed by atoms with Gasteiger partial charge in [0.15, 0.2) is 0 Å². The third-order valence-corrected chi connectivity index (χ3v) is 6.89. The molecule has 9 heteroatoms. The molecular formula is C23H25NO7S. The van der Waals surface area contributed by atoms with Gasteiger partial charge in [0.25, 0.3) is 10.0 Å². The molecule has 0 fully saturated rings. The first-order chi connectivity index (χ1) is 15.3. The van der Waals surface area contributed by atoms with Gasteiger partial charge in [-0.3, -0.25) is 9.59 Å². The molecule has 2 aromatic carbocycles. The van der Waals surface area contributed by atoms with E-state index < -0.39 is 33.7 Å². The normalized spacial score (nSPS) is 18.3. The molecule has 8 nitrogen and oxygen atoms in total. The number of amides is 1. The lowest BCUT2D eigenvalue weighted by Gasteiger charge is -2.32. The quantitative estimate of drug-likeness (QED) is 0.559. The second kappa shape index (κ2) is 9.86. The number of allylic oxidation sites excluding steroid dienone is 1. The van der Waals surface area contributed by atoms with Crippen molar-refractivity contribution in [2.75, 3.05) is 20.8 Å². The van der Waals surface area contributed by atoms with Gasteiger partial charge in [0.2, 0.25) is 5.91 Å². The molecule has 0 saturated carbocycles. The van der Waals surface area contributed by atoms with E-state index in [1.807, 2.05) is 0 Å². The van der Waals surface area contributed by atoms with Crippen molar-refractivity contribution >= 4 is 21.9 Å². The van der Waals surface area contributed by atoms with Crippen LogP contribution >= 0.6 is 0 Å². The number of hydrogen-bond donors (Lipinski definition) is 0. The lowest BCUT2D eigenvalue weighted by atomic mass is 9.81. The summed E-state index contributed by atoms with van der Waals surface area (Å²) in [6.07, 6.45) is 2.62. The highest BCUT2D eigenvalue weighted by Gasteiger charge is 2.41. The van der Waals surface area contributed by atoms with Crippen LogP contribution in [0.5, 0.6) is 11.5 Å². The number of sulfonamides is 1. The summed E-state index contributed by atoms with van der Waals surface area (Å²) in [5.41, 5.74) is 0.756. The van der Waals surface area contributed by atoms with Crippen molar-refractivity contribution < 1.29 is 32.2 Å². The molecule has 1 aliphatic heterocycles. The Morgan fingerprint density at radius 2 is 1.53 bits per heavy atom. The second-order valence-electron chi connectivity index (χ2n) is 7.07. The molecule has 0 aliphatic carbocycles. The molecular weight excluding hydrogens is 434 g/mol. The number of methoxy groups -OCH3 is 2. The predicted molar refractivity (Wildman–Crippen MR) is 117 cm³/mol. The number of hydrogen-bond acceptors (Lipinski definition) is 7. The Bertz CT molecular complexity index is 1090. The molecule has 1 aliphatic rings. The largest absolute Gasteiger partial charge is 0.497 e. The Kier molecular flexibility index (Phi) is 7.19. The highest BCUT2D eigenvalue weighted by atomic mass is 32.2. The fraction of sp³-hybridized carbons (Fsp3) is 0.304. The molecule has 0 N–H and O–H groups in total. The van der Waals surface area contributed by atoms with Crippen molar-refractivity contribution in [3.63, 3.8) is 0 Å². The van der Waals surface area contributed by atoms with Gasteiger partial charge in [-0.15, -0.1) is 0 Å². The number of rotatable bonds is 8. The first kappa shape index (κ1) is 23.3. The summed E-state index contributed by atoms with van der Waals surface area (Å²) in [6, 6.07) is 12.8. The minimum Gasteiger partial charge on any atom is -0.497 e. The molecule has 0 unspecified atom stereocenters. The summed E-state index contributed by atoms with van der Waals surface area (Å²) in [4.78, 5) is 25.5. The van der Waals surface area contributed by atoms with E-state index in [0.29, 0.717) is 15.8 Å². The van der Waals surface area contributed by atoms with Crippen LogP contribution in [-0.2, 0) is 24.3 Å². The first-order valence-corrected chi connectivity index (χ1v) is 11.5. The number of benzene rings is 2. The van der Waals surface area contributed by atoms with Crippen molar-refractivity contribution in [2.24, 2.45) is 5.92 Å². The van der Waals surface area contributed by atoms with E-state index in [2.05, 4.69) is 0 Å². The fourth-order valence-corrected chi connectivity index (χ4v) is 4.85. The zero-order valence-corrected chi connectivity index (χ0v) is 18.9. The van der Waals surface area contributed by atoms with Crippen LogP contribution in [0.3, 0.4) is 0 Å². The number of carbonyl (C=O) groups is 2. The van der Waals surface area contributed by atoms with Crippen LogP contribution in [0.4, 0.5) is 0 Å². The molecule has 3 rings (SSSR count). The van der Waals surface area contributed by atoms with Crippen molar-refractivity contribution in [2.45, 2.75) is 24.2 Å². The van der Waals surface area contributed by atoms with E-state index in [-0.39, 0.29) is 17.9 Å². The number of carbonyl (C=O) groups excluding carboxylic acids is 2. The Labute approximate surface area is 187 Å². The second-order valence-corrected chi connectivity index (χ2v) is 8.89. The summed E-state index contributed by atoms with van der Waals surface area (Å²) in [5, 5.41) is 0. The third kappa shape index (κ3) is 4.77. The van der Waals surface area contributed by atoms with E-state index in [1.165, 1.54) is 37.6 Å². The van der Waals surface area contributed by atoms with E-state index in [4.69, 9.17) is 14.2 Å². The smallest absolute Gasteiger partial charge is 0.306 e. The van der Waals surface area contributed by atoms with E-state index in [1.54, 1.807) is 44.4 Å². The maximum absolute atomic E-state index is 13.4. The van der Waals surface area contributed by atoms with Crippen molar-refractivity contribution in [3.8, 4) is 11.5 Å². The van der Waals surface area contributed by atoms with Crippen molar-refractivity contribution in [1.29, 1.82) is 0 Å². The molecule has 0 radical (unpaired) electrons. The third-order valence-electron chi connectivity index (χ3n) is 5.21. The molecule has 0 aromatic heterocycles. The minimum atomic E-state index is -4.16. The van der Waals surface area contributed by atoms with Crippen LogP contribution < -0.4 is 9.47 Å². The molecule has 2 atom stereocenters. The van der Waals surface area contributed by atoms with E-state index in [0.717, 1.165) is 5.56 Å². The summed E-state index contributed by atoms with van der Waals surface area (Å²) in [7, 11) is -1.15. The van der Waals surface area contributed by atoms with Gasteiger partial charge in [-0.2, -0.15) is 0 Å². The Morgan fingerprint density at radius 1 is 0.969 bits per heavy atom. The SMILES string of the molecule is CCOC(=O)C[C@@H]1C(=O)N(S(=O)(=O)c2ccc(OC)cc2)C=C[C@@H]1c1ccc(OC)cc1. The monoisotopic (exact) mass is 459 g/mol. The highest BCUT2D eigenvalue weighted by Crippen LogP contribution is 2.37. The van der Waals surface area contributed by atoms with Crippen LogP contribution in [0.2, 0.25) is 0 Å². The maximum atomic E-state index is 13.4. The van der Waals surface area contributed by atoms with Gasteiger partial charge in [0, 0.05) is 12.1 Å². The van der Waals surface area contributed by atoms with Gasteiger partial charge >= 0.3 is 5.97 Å². The standard InChI is InChI=1S/C23H25NO7S/c1-4-31-22(25)15-21-20(16-5-7-17(29-2)8-6-16)13-14-24(23(21)26)32(27,28)19-11-9-18(30-3)10-12-19/h5-14,20-21H,4,15H2,1-3H3/t20-,21+/m1/s1. The average Bonchev–Trinajstić information content (AvgIpc) is 2.80. The molecule has 32 heavy (non-hydrogen) atoms. The molecule has 0 bridgehead atoms. The molecule has 1 heterocycles. The van der Waals surface area contributed by atoms with Gasteiger partial charge in [0.1, 0.15) is 11.5 Å². The topological polar surface area (TPSA) is 99.2 Å². The van der Waals surface area contributed by atoms with Gasteiger partial charge in [-0.05, 0) is 48.9 Å². The highest BCUT2D eigenvalue weighted by molar-refractivity contribution is 7.89. The number of nitrogens with zero attached hydrogens (tertiary/aromatic N) is 1. The summed E-state index contributed by atoms with van der Waals surface area (Å²) >= 11 is 0. The molecule has 0 saturated heterocycles. The molecule has 1 amide bonds. The van der Waals surface area contributed by atoms with Crippen LogP contribution in [0, 0.1) is 5.92 Å². The number of esters is 1. The first-order valence-electron chi connectivity index (χ1n) is 10.0. The van der Waals surface area contributed by atoms with Crippen LogP contribution in [0.1, 0.15) is 24.8 Å². The van der Waals surface area contributed by atoms with Gasteiger partial charge in [-0.1, -0.05) is 18.2 Å². The Balaban J connectivity index is 1.98. The predicted octanol–water partition coefficient (Wildman–Crippen LogP) is 3.10. The Morgan fingerprint density at radius 3 is 2.06 bits per heavy atom. The van der Waals surface area contributed by atoms with Crippen molar-refractivity contribution in [1.82, 2.24) is 4.31 Å². The van der Waals surface area contributed by atoms with Crippen molar-refractivity contribution in [3.05, 3.63) is 66.4 Å². The average molecular weight is 460 g/mol. The zero-order valence-electron chi connectivity index (χ0n) is 18.1. The summed E-state index contributed by atoms with van der Waals surface area (Å²) in [5.74, 6) is -1.58. The molecule has 170 valence electrons. The van der Waals surface area contributed by atoms with Crippen LogP contribution in [-0.4, -0.2) is 45.4 Å². The Hall–Kier alpha value is -3.33. The maximum Gasteiger partial charge on any atom is 0.306 e. The van der Waals surface area contributed by atoms with Gasteiger partial charge in [0.05, 0.1) is 38.1 Å². The molecule has 2 aromatic rings. The van der Waals surface area contributed by atoms with E-state index >= 15 is 0 Å². The fourth-order valence-electron chi connectivity index (χ4n) is 3.54. The van der Waals surface area contributed by atoms with Crippen LogP contribution in [0.15, 0.2) is 65.7 Å². The van der Waals surface area contributed by atoms with Crippen LogP contribution in [0.25, 0.3) is 0 Å². The number of ether oxygens (including phenoxy) is 3. The van der Waals surface area contributed by atoms with E-state index in [9.17, 15) is 18.0 Å². The summed E-state index contributed by atoms with van der Waals surface area (Å²) in [6.45, 7) is 1.83. The zero-order chi connectivity index (χ0) is 23.3.